The average Bonchev–Trinajstić information content (AvgIpc) is 2.67. The van der Waals surface area contributed by atoms with Crippen molar-refractivity contribution in [2.45, 2.75) is 6.42 Å². The number of hydrogen-bond donors (Lipinski definition) is 2. The molecule has 0 radical (unpaired) electrons. The van der Waals surface area contributed by atoms with Gasteiger partial charge in [-0.25, -0.2) is 0 Å². The summed E-state index contributed by atoms with van der Waals surface area (Å²) in [7, 11) is 1.88. The van der Waals surface area contributed by atoms with E-state index >= 15 is 0 Å². The van der Waals surface area contributed by atoms with E-state index in [9.17, 15) is 4.79 Å². The lowest BCUT2D eigenvalue weighted by Gasteiger charge is -2.04. The van der Waals surface area contributed by atoms with Gasteiger partial charge >= 0.3 is 0 Å². The van der Waals surface area contributed by atoms with Crippen molar-refractivity contribution >= 4 is 5.91 Å². The minimum atomic E-state index is -0.161. The van der Waals surface area contributed by atoms with Crippen molar-refractivity contribution < 1.29 is 4.79 Å². The number of aromatic nitrogens is 2. The number of amides is 1. The minimum absolute atomic E-state index is 0.0578. The van der Waals surface area contributed by atoms with Crippen LogP contribution in [0.4, 0.5) is 0 Å². The number of nitriles is 1. The Bertz CT molecular complexity index is 379. The summed E-state index contributed by atoms with van der Waals surface area (Å²) in [6.45, 7) is 1.00. The maximum Gasteiger partial charge on any atom is 0.234 e. The van der Waals surface area contributed by atoms with Crippen LogP contribution in [0.25, 0.3) is 0 Å². The highest BCUT2D eigenvalue weighted by molar-refractivity contribution is 5.78. The fourth-order valence-corrected chi connectivity index (χ4v) is 1.27. The van der Waals surface area contributed by atoms with Gasteiger partial charge in [-0.15, -0.1) is 0 Å². The third-order valence-corrected chi connectivity index (χ3v) is 2.13. The first kappa shape index (κ1) is 12.2. The standard InChI is InChI=1S/C10H15N5O/c1-15-9(3-6-14-15)2-5-12-8-10(16)13-7-4-11/h3,6,12H,2,5,7-8H2,1H3,(H,13,16). The van der Waals surface area contributed by atoms with Gasteiger partial charge in [-0.1, -0.05) is 0 Å². The summed E-state index contributed by atoms with van der Waals surface area (Å²) >= 11 is 0. The Kier molecular flexibility index (Phi) is 5.02. The van der Waals surface area contributed by atoms with Crippen molar-refractivity contribution in [3.8, 4) is 6.07 Å². The molecule has 0 atom stereocenters. The predicted octanol–water partition coefficient (Wildman–Crippen LogP) is -0.808. The molecule has 1 heterocycles. The van der Waals surface area contributed by atoms with Gasteiger partial charge in [-0.2, -0.15) is 10.4 Å². The Morgan fingerprint density at radius 1 is 1.69 bits per heavy atom. The fraction of sp³-hybridized carbons (Fsp3) is 0.500. The van der Waals surface area contributed by atoms with Crippen LogP contribution in [0, 0.1) is 11.3 Å². The number of carbonyl (C=O) groups is 1. The van der Waals surface area contributed by atoms with Crippen LogP contribution in [0.5, 0.6) is 0 Å². The highest BCUT2D eigenvalue weighted by Gasteiger charge is 2.00. The Hall–Kier alpha value is -1.87. The Balaban J connectivity index is 2.11. The number of hydrogen-bond acceptors (Lipinski definition) is 4. The highest BCUT2D eigenvalue weighted by atomic mass is 16.1. The largest absolute Gasteiger partial charge is 0.342 e. The monoisotopic (exact) mass is 221 g/mol. The first-order chi connectivity index (χ1) is 7.74. The van der Waals surface area contributed by atoms with Crippen molar-refractivity contribution in [1.29, 1.82) is 5.26 Å². The van der Waals surface area contributed by atoms with Gasteiger partial charge in [-0.3, -0.25) is 9.48 Å². The van der Waals surface area contributed by atoms with E-state index < -0.39 is 0 Å². The Morgan fingerprint density at radius 2 is 2.50 bits per heavy atom. The van der Waals surface area contributed by atoms with Gasteiger partial charge in [-0.05, 0) is 6.07 Å². The molecule has 0 aliphatic carbocycles. The van der Waals surface area contributed by atoms with Crippen LogP contribution in [0.1, 0.15) is 5.69 Å². The van der Waals surface area contributed by atoms with Crippen LogP contribution >= 0.6 is 0 Å². The summed E-state index contributed by atoms with van der Waals surface area (Å²) in [5, 5.41) is 17.7. The smallest absolute Gasteiger partial charge is 0.234 e. The van der Waals surface area contributed by atoms with Crippen LogP contribution in [0.15, 0.2) is 12.3 Å². The van der Waals surface area contributed by atoms with E-state index in [-0.39, 0.29) is 19.0 Å². The molecule has 6 nitrogen and oxygen atoms in total. The highest BCUT2D eigenvalue weighted by Crippen LogP contribution is 1.95. The second kappa shape index (κ2) is 6.58. The number of nitrogens with one attached hydrogen (secondary N) is 2. The quantitative estimate of drug-likeness (QED) is 0.486. The number of nitrogens with zero attached hydrogens (tertiary/aromatic N) is 3. The third-order valence-electron chi connectivity index (χ3n) is 2.13. The number of rotatable bonds is 6. The maximum atomic E-state index is 11.1. The molecule has 0 aromatic carbocycles. The van der Waals surface area contributed by atoms with Crippen molar-refractivity contribution in [2.75, 3.05) is 19.6 Å². The van der Waals surface area contributed by atoms with Gasteiger partial charge in [0.25, 0.3) is 0 Å². The molecule has 1 rings (SSSR count). The molecule has 1 aromatic rings. The van der Waals surface area contributed by atoms with Gasteiger partial charge in [0.1, 0.15) is 6.54 Å². The fourth-order valence-electron chi connectivity index (χ4n) is 1.27. The van der Waals surface area contributed by atoms with Crippen LogP contribution < -0.4 is 10.6 Å². The van der Waals surface area contributed by atoms with Crippen molar-refractivity contribution in [3.05, 3.63) is 18.0 Å². The first-order valence-corrected chi connectivity index (χ1v) is 5.05. The zero-order valence-electron chi connectivity index (χ0n) is 9.23. The molecule has 6 heteroatoms. The van der Waals surface area contributed by atoms with Crippen LogP contribution in [0.3, 0.4) is 0 Å². The van der Waals surface area contributed by atoms with E-state index in [0.717, 1.165) is 12.1 Å². The lowest BCUT2D eigenvalue weighted by atomic mass is 10.3. The van der Waals surface area contributed by atoms with Gasteiger partial charge in [0, 0.05) is 31.9 Å². The predicted molar refractivity (Wildman–Crippen MR) is 58.4 cm³/mol. The van der Waals surface area contributed by atoms with E-state index in [0.29, 0.717) is 6.54 Å². The molecule has 0 spiro atoms. The molecule has 0 fully saturated rings. The molecular weight excluding hydrogens is 206 g/mol. The first-order valence-electron chi connectivity index (χ1n) is 5.05. The SMILES string of the molecule is Cn1nccc1CCNCC(=O)NCC#N. The van der Waals surface area contributed by atoms with Crippen LogP contribution in [-0.2, 0) is 18.3 Å². The van der Waals surface area contributed by atoms with E-state index in [2.05, 4.69) is 15.7 Å². The van der Waals surface area contributed by atoms with E-state index in [1.54, 1.807) is 10.9 Å². The molecular formula is C10H15N5O. The molecule has 0 unspecified atom stereocenters. The molecule has 2 N–H and O–H groups in total. The van der Waals surface area contributed by atoms with Crippen LogP contribution in [0.2, 0.25) is 0 Å². The van der Waals surface area contributed by atoms with Gasteiger partial charge in [0.05, 0.1) is 12.6 Å². The lowest BCUT2D eigenvalue weighted by Crippen LogP contribution is -2.34. The van der Waals surface area contributed by atoms with E-state index in [4.69, 9.17) is 5.26 Å². The Morgan fingerprint density at radius 3 is 3.12 bits per heavy atom. The summed E-state index contributed by atoms with van der Waals surface area (Å²) in [5.41, 5.74) is 1.12. The van der Waals surface area contributed by atoms with Gasteiger partial charge < -0.3 is 10.6 Å². The minimum Gasteiger partial charge on any atom is -0.342 e. The number of aryl methyl sites for hydroxylation is 1. The molecule has 1 aromatic heterocycles. The van der Waals surface area contributed by atoms with Crippen molar-refractivity contribution in [1.82, 2.24) is 20.4 Å². The van der Waals surface area contributed by atoms with Crippen LogP contribution in [-0.4, -0.2) is 35.3 Å². The summed E-state index contributed by atoms with van der Waals surface area (Å²) < 4.78 is 1.80. The van der Waals surface area contributed by atoms with E-state index in [1.807, 2.05) is 19.2 Å². The molecule has 0 bridgehead atoms. The molecule has 0 aliphatic heterocycles. The van der Waals surface area contributed by atoms with Crippen molar-refractivity contribution in [3.63, 3.8) is 0 Å². The van der Waals surface area contributed by atoms with Gasteiger partial charge in [0.2, 0.25) is 5.91 Å². The summed E-state index contributed by atoms with van der Waals surface area (Å²) in [5.74, 6) is -0.161. The second-order valence-electron chi connectivity index (χ2n) is 3.31. The third kappa shape index (κ3) is 4.11. The summed E-state index contributed by atoms with van der Waals surface area (Å²) in [6.07, 6.45) is 2.57. The normalized spacial score (nSPS) is 9.75. The topological polar surface area (TPSA) is 82.7 Å². The van der Waals surface area contributed by atoms with Gasteiger partial charge in [0.15, 0.2) is 0 Å². The number of carbonyl (C=O) groups excluding carboxylic acids is 1. The molecule has 16 heavy (non-hydrogen) atoms. The second-order valence-corrected chi connectivity index (χ2v) is 3.31. The van der Waals surface area contributed by atoms with Crippen molar-refractivity contribution in [2.24, 2.45) is 7.05 Å². The summed E-state index contributed by atoms with van der Waals surface area (Å²) in [4.78, 5) is 11.1. The average molecular weight is 221 g/mol. The summed E-state index contributed by atoms with van der Waals surface area (Å²) in [6, 6.07) is 3.79. The molecule has 0 saturated heterocycles. The molecule has 0 saturated carbocycles. The maximum absolute atomic E-state index is 11.1. The zero-order chi connectivity index (χ0) is 11.8. The lowest BCUT2D eigenvalue weighted by molar-refractivity contribution is -0.120. The zero-order valence-corrected chi connectivity index (χ0v) is 9.23. The van der Waals surface area contributed by atoms with E-state index in [1.165, 1.54) is 0 Å². The molecule has 86 valence electrons. The Labute approximate surface area is 94.2 Å². The molecule has 1 amide bonds. The molecule has 0 aliphatic rings.